The first-order valence-corrected chi connectivity index (χ1v) is 5.40. The molecule has 1 N–H and O–H groups in total. The second-order valence-electron chi connectivity index (χ2n) is 3.57. The van der Waals surface area contributed by atoms with E-state index in [1.165, 1.54) is 5.56 Å². The fourth-order valence-corrected chi connectivity index (χ4v) is 2.48. The van der Waals surface area contributed by atoms with Gasteiger partial charge in [0.1, 0.15) is 5.54 Å². The van der Waals surface area contributed by atoms with Crippen molar-refractivity contribution in [3.63, 3.8) is 0 Å². The van der Waals surface area contributed by atoms with Gasteiger partial charge in [-0.05, 0) is 43.1 Å². The number of rotatable bonds is 1. The van der Waals surface area contributed by atoms with Crippen LogP contribution in [0, 0.1) is 11.3 Å². The Labute approximate surface area is 92.1 Å². The summed E-state index contributed by atoms with van der Waals surface area (Å²) in [6.07, 6.45) is 1.84. The van der Waals surface area contributed by atoms with Gasteiger partial charge in [0.2, 0.25) is 0 Å². The highest BCUT2D eigenvalue weighted by Crippen LogP contribution is 2.37. The van der Waals surface area contributed by atoms with Gasteiger partial charge in [0.25, 0.3) is 0 Å². The van der Waals surface area contributed by atoms with Crippen LogP contribution in [0.4, 0.5) is 0 Å². The molecular weight excluding hydrogens is 240 g/mol. The van der Waals surface area contributed by atoms with E-state index < -0.39 is 5.54 Å². The molecule has 0 heterocycles. The van der Waals surface area contributed by atoms with Crippen LogP contribution in [-0.2, 0) is 12.0 Å². The minimum Gasteiger partial charge on any atom is -0.299 e. The van der Waals surface area contributed by atoms with Gasteiger partial charge in [0, 0.05) is 4.47 Å². The standard InChI is InChI=1S/C11H11BrN2/c1-14-11(7-13)5-4-8-6-9(12)2-3-10(8)11/h2-3,6,14H,4-5H2,1H3. The van der Waals surface area contributed by atoms with Crippen LogP contribution in [0.15, 0.2) is 22.7 Å². The summed E-state index contributed by atoms with van der Waals surface area (Å²) in [5, 5.41) is 12.3. The average Bonchev–Trinajstić information content (AvgIpc) is 2.56. The van der Waals surface area contributed by atoms with E-state index in [-0.39, 0.29) is 0 Å². The number of nitrogens with one attached hydrogen (secondary N) is 1. The summed E-state index contributed by atoms with van der Waals surface area (Å²) >= 11 is 3.44. The van der Waals surface area contributed by atoms with Crippen LogP contribution in [0.5, 0.6) is 0 Å². The van der Waals surface area contributed by atoms with Crippen LogP contribution < -0.4 is 5.32 Å². The Morgan fingerprint density at radius 3 is 3.00 bits per heavy atom. The second kappa shape index (κ2) is 3.38. The average molecular weight is 251 g/mol. The Hall–Kier alpha value is -0.850. The van der Waals surface area contributed by atoms with E-state index in [0.29, 0.717) is 0 Å². The summed E-state index contributed by atoms with van der Waals surface area (Å²) in [4.78, 5) is 0. The fraction of sp³-hybridized carbons (Fsp3) is 0.364. The van der Waals surface area contributed by atoms with E-state index >= 15 is 0 Å². The van der Waals surface area contributed by atoms with E-state index in [0.717, 1.165) is 22.9 Å². The molecule has 1 aliphatic carbocycles. The van der Waals surface area contributed by atoms with E-state index in [1.54, 1.807) is 0 Å². The molecule has 2 nitrogen and oxygen atoms in total. The molecule has 0 spiro atoms. The Bertz CT molecular complexity index is 408. The molecule has 1 aliphatic rings. The molecule has 3 heteroatoms. The summed E-state index contributed by atoms with van der Waals surface area (Å²) in [5.74, 6) is 0. The van der Waals surface area contributed by atoms with Crippen molar-refractivity contribution in [3.8, 4) is 6.07 Å². The molecular formula is C11H11BrN2. The molecule has 0 saturated heterocycles. The lowest BCUT2D eigenvalue weighted by Crippen LogP contribution is -2.35. The van der Waals surface area contributed by atoms with E-state index in [4.69, 9.17) is 0 Å². The van der Waals surface area contributed by atoms with Crippen molar-refractivity contribution in [2.75, 3.05) is 7.05 Å². The maximum Gasteiger partial charge on any atom is 0.132 e. The van der Waals surface area contributed by atoms with Gasteiger partial charge in [-0.15, -0.1) is 0 Å². The summed E-state index contributed by atoms with van der Waals surface area (Å²) in [6.45, 7) is 0. The van der Waals surface area contributed by atoms with Crippen molar-refractivity contribution in [1.29, 1.82) is 5.26 Å². The summed E-state index contributed by atoms with van der Waals surface area (Å²) in [5.41, 5.74) is 1.94. The van der Waals surface area contributed by atoms with Crippen molar-refractivity contribution in [3.05, 3.63) is 33.8 Å². The monoisotopic (exact) mass is 250 g/mol. The highest BCUT2D eigenvalue weighted by molar-refractivity contribution is 9.10. The second-order valence-corrected chi connectivity index (χ2v) is 4.48. The normalized spacial score (nSPS) is 24.4. The lowest BCUT2D eigenvalue weighted by Gasteiger charge is -2.21. The zero-order chi connectivity index (χ0) is 10.2. The van der Waals surface area contributed by atoms with Gasteiger partial charge in [-0.25, -0.2) is 0 Å². The molecule has 0 saturated carbocycles. The minimum absolute atomic E-state index is 0.462. The van der Waals surface area contributed by atoms with Crippen molar-refractivity contribution in [2.45, 2.75) is 18.4 Å². The van der Waals surface area contributed by atoms with Crippen LogP contribution in [0.25, 0.3) is 0 Å². The zero-order valence-corrected chi connectivity index (χ0v) is 9.56. The third-order valence-corrected chi connectivity index (χ3v) is 3.41. The van der Waals surface area contributed by atoms with E-state index in [2.05, 4.69) is 33.4 Å². The van der Waals surface area contributed by atoms with Crippen LogP contribution in [0.1, 0.15) is 17.5 Å². The number of benzene rings is 1. The Balaban J connectivity index is 2.55. The summed E-state index contributed by atoms with van der Waals surface area (Å²) < 4.78 is 1.08. The first kappa shape index (κ1) is 9.70. The molecule has 1 atom stereocenters. The number of aryl methyl sites for hydroxylation is 1. The minimum atomic E-state index is -0.462. The van der Waals surface area contributed by atoms with E-state index in [1.807, 2.05) is 19.2 Å². The highest BCUT2D eigenvalue weighted by Gasteiger charge is 2.37. The topological polar surface area (TPSA) is 35.8 Å². The molecule has 2 rings (SSSR count). The third-order valence-electron chi connectivity index (χ3n) is 2.91. The molecule has 0 bridgehead atoms. The number of nitriles is 1. The van der Waals surface area contributed by atoms with Crippen molar-refractivity contribution in [1.82, 2.24) is 5.32 Å². The number of nitrogens with zero attached hydrogens (tertiary/aromatic N) is 1. The molecule has 14 heavy (non-hydrogen) atoms. The van der Waals surface area contributed by atoms with Gasteiger partial charge in [-0.3, -0.25) is 5.32 Å². The molecule has 1 unspecified atom stereocenters. The molecule has 0 aromatic heterocycles. The highest BCUT2D eigenvalue weighted by atomic mass is 79.9. The Kier molecular flexibility index (Phi) is 2.34. The quantitative estimate of drug-likeness (QED) is 0.831. The number of halogens is 1. The van der Waals surface area contributed by atoms with Gasteiger partial charge in [0.05, 0.1) is 6.07 Å². The first-order valence-electron chi connectivity index (χ1n) is 4.61. The summed E-state index contributed by atoms with van der Waals surface area (Å²) in [7, 11) is 1.85. The lowest BCUT2D eigenvalue weighted by molar-refractivity contribution is 0.467. The lowest BCUT2D eigenvalue weighted by atomic mass is 9.94. The largest absolute Gasteiger partial charge is 0.299 e. The Morgan fingerprint density at radius 1 is 1.57 bits per heavy atom. The molecule has 0 radical (unpaired) electrons. The Morgan fingerprint density at radius 2 is 2.36 bits per heavy atom. The van der Waals surface area contributed by atoms with Gasteiger partial charge in [-0.2, -0.15) is 5.26 Å². The van der Waals surface area contributed by atoms with Gasteiger partial charge < -0.3 is 0 Å². The van der Waals surface area contributed by atoms with Gasteiger partial charge >= 0.3 is 0 Å². The van der Waals surface area contributed by atoms with Crippen molar-refractivity contribution < 1.29 is 0 Å². The predicted octanol–water partition coefficient (Wildman–Crippen LogP) is 2.33. The molecule has 0 amide bonds. The number of hydrogen-bond acceptors (Lipinski definition) is 2. The smallest absolute Gasteiger partial charge is 0.132 e. The molecule has 1 aromatic rings. The molecule has 0 fully saturated rings. The van der Waals surface area contributed by atoms with Crippen LogP contribution in [0.3, 0.4) is 0 Å². The maximum atomic E-state index is 9.21. The maximum absolute atomic E-state index is 9.21. The summed E-state index contributed by atoms with van der Waals surface area (Å²) in [6, 6.07) is 8.51. The molecule has 72 valence electrons. The van der Waals surface area contributed by atoms with E-state index in [9.17, 15) is 5.26 Å². The molecule has 0 aliphatic heterocycles. The van der Waals surface area contributed by atoms with Crippen molar-refractivity contribution >= 4 is 15.9 Å². The first-order chi connectivity index (χ1) is 6.72. The van der Waals surface area contributed by atoms with Gasteiger partial charge in [-0.1, -0.05) is 22.0 Å². The fourth-order valence-electron chi connectivity index (χ4n) is 2.07. The van der Waals surface area contributed by atoms with Crippen LogP contribution >= 0.6 is 15.9 Å². The number of fused-ring (bicyclic) bond motifs is 1. The third kappa shape index (κ3) is 1.26. The van der Waals surface area contributed by atoms with Crippen LogP contribution in [-0.4, -0.2) is 7.05 Å². The van der Waals surface area contributed by atoms with Crippen molar-refractivity contribution in [2.24, 2.45) is 0 Å². The van der Waals surface area contributed by atoms with Gasteiger partial charge in [0.15, 0.2) is 0 Å². The SMILES string of the molecule is CNC1(C#N)CCc2cc(Br)ccc21. The molecule has 1 aromatic carbocycles. The van der Waals surface area contributed by atoms with Crippen LogP contribution in [0.2, 0.25) is 0 Å². The zero-order valence-electron chi connectivity index (χ0n) is 7.97. The number of hydrogen-bond donors (Lipinski definition) is 1. The predicted molar refractivity (Wildman–Crippen MR) is 58.8 cm³/mol.